The van der Waals surface area contributed by atoms with E-state index in [2.05, 4.69) is 16.0 Å². The highest BCUT2D eigenvalue weighted by molar-refractivity contribution is 5.92. The molecule has 28 heavy (non-hydrogen) atoms. The standard InChI is InChI=1S/C22H21N3O3/c26-21(14-15-23-22(27)25-17-8-3-1-4-9-17)24-18-10-7-13-20(16-18)28-19-11-5-2-6-12-19/h1-13,16H,14-15H2,(H,24,26)(H2,23,25,27). The van der Waals surface area contributed by atoms with Crippen LogP contribution in [0.5, 0.6) is 11.5 Å². The van der Waals surface area contributed by atoms with E-state index in [0.29, 0.717) is 17.1 Å². The molecule has 0 fully saturated rings. The average Bonchev–Trinajstić information content (AvgIpc) is 2.70. The van der Waals surface area contributed by atoms with Crippen molar-refractivity contribution < 1.29 is 14.3 Å². The van der Waals surface area contributed by atoms with Gasteiger partial charge in [0.05, 0.1) is 0 Å². The number of rotatable bonds is 7. The molecule has 0 aliphatic rings. The van der Waals surface area contributed by atoms with Crippen molar-refractivity contribution in [1.29, 1.82) is 0 Å². The Morgan fingerprint density at radius 2 is 1.36 bits per heavy atom. The van der Waals surface area contributed by atoms with Crippen LogP contribution in [-0.2, 0) is 4.79 Å². The van der Waals surface area contributed by atoms with Crippen molar-refractivity contribution in [2.45, 2.75) is 6.42 Å². The number of para-hydroxylation sites is 2. The van der Waals surface area contributed by atoms with Crippen molar-refractivity contribution in [3.8, 4) is 11.5 Å². The van der Waals surface area contributed by atoms with E-state index in [1.54, 1.807) is 30.3 Å². The Kier molecular flexibility index (Phi) is 6.62. The summed E-state index contributed by atoms with van der Waals surface area (Å²) in [5, 5.41) is 8.15. The molecule has 0 saturated carbocycles. The lowest BCUT2D eigenvalue weighted by Crippen LogP contribution is -2.31. The van der Waals surface area contributed by atoms with Crippen LogP contribution in [0.15, 0.2) is 84.9 Å². The van der Waals surface area contributed by atoms with Gasteiger partial charge in [-0.1, -0.05) is 42.5 Å². The van der Waals surface area contributed by atoms with Crippen molar-refractivity contribution in [3.63, 3.8) is 0 Å². The van der Waals surface area contributed by atoms with Crippen molar-refractivity contribution in [3.05, 3.63) is 84.9 Å². The Labute approximate surface area is 163 Å². The molecular formula is C22H21N3O3. The third-order valence-corrected chi connectivity index (χ3v) is 3.77. The molecule has 0 unspecified atom stereocenters. The van der Waals surface area contributed by atoms with Crippen molar-refractivity contribution in [2.24, 2.45) is 0 Å². The Hall–Kier alpha value is -3.80. The summed E-state index contributed by atoms with van der Waals surface area (Å²) in [6.45, 7) is 0.227. The lowest BCUT2D eigenvalue weighted by Gasteiger charge is -2.10. The smallest absolute Gasteiger partial charge is 0.319 e. The van der Waals surface area contributed by atoms with Gasteiger partial charge in [-0.05, 0) is 36.4 Å². The van der Waals surface area contributed by atoms with Crippen LogP contribution in [0.25, 0.3) is 0 Å². The zero-order valence-corrected chi connectivity index (χ0v) is 15.2. The molecule has 0 atom stereocenters. The van der Waals surface area contributed by atoms with Crippen molar-refractivity contribution in [1.82, 2.24) is 5.32 Å². The zero-order chi connectivity index (χ0) is 19.6. The first-order valence-corrected chi connectivity index (χ1v) is 8.92. The molecule has 3 aromatic rings. The van der Waals surface area contributed by atoms with Crippen LogP contribution in [0.3, 0.4) is 0 Å². The summed E-state index contributed by atoms with van der Waals surface area (Å²) in [6.07, 6.45) is 0.159. The number of hydrogen-bond acceptors (Lipinski definition) is 3. The van der Waals surface area contributed by atoms with E-state index in [4.69, 9.17) is 4.74 Å². The van der Waals surface area contributed by atoms with Gasteiger partial charge in [0.15, 0.2) is 0 Å². The second-order valence-corrected chi connectivity index (χ2v) is 5.99. The van der Waals surface area contributed by atoms with E-state index in [9.17, 15) is 9.59 Å². The number of amides is 3. The molecule has 3 N–H and O–H groups in total. The van der Waals surface area contributed by atoms with E-state index in [1.807, 2.05) is 54.6 Å². The van der Waals surface area contributed by atoms with Crippen LogP contribution in [0.2, 0.25) is 0 Å². The molecule has 0 saturated heterocycles. The second-order valence-electron chi connectivity index (χ2n) is 5.99. The van der Waals surface area contributed by atoms with E-state index in [1.165, 1.54) is 0 Å². The SMILES string of the molecule is O=C(CCNC(=O)Nc1ccccc1)Nc1cccc(Oc2ccccc2)c1. The summed E-state index contributed by atoms with van der Waals surface area (Å²) in [6, 6.07) is 25.3. The fourth-order valence-corrected chi connectivity index (χ4v) is 2.47. The number of benzene rings is 3. The van der Waals surface area contributed by atoms with Gasteiger partial charge in [-0.2, -0.15) is 0 Å². The van der Waals surface area contributed by atoms with Gasteiger partial charge in [0.1, 0.15) is 11.5 Å². The second kappa shape index (κ2) is 9.78. The highest BCUT2D eigenvalue weighted by atomic mass is 16.5. The number of ether oxygens (including phenoxy) is 1. The first-order chi connectivity index (χ1) is 13.7. The van der Waals surface area contributed by atoms with Gasteiger partial charge < -0.3 is 20.7 Å². The summed E-state index contributed by atoms with van der Waals surface area (Å²) in [7, 11) is 0. The Bertz CT molecular complexity index is 915. The Balaban J connectivity index is 1.43. The molecule has 3 rings (SSSR count). The summed E-state index contributed by atoms with van der Waals surface area (Å²) >= 11 is 0. The lowest BCUT2D eigenvalue weighted by atomic mass is 10.2. The number of anilines is 2. The van der Waals surface area contributed by atoms with Crippen LogP contribution < -0.4 is 20.7 Å². The van der Waals surface area contributed by atoms with Crippen molar-refractivity contribution in [2.75, 3.05) is 17.2 Å². The highest BCUT2D eigenvalue weighted by Gasteiger charge is 2.06. The monoisotopic (exact) mass is 375 g/mol. The first kappa shape index (κ1) is 19.0. The third-order valence-electron chi connectivity index (χ3n) is 3.77. The van der Waals surface area contributed by atoms with Crippen LogP contribution >= 0.6 is 0 Å². The molecular weight excluding hydrogens is 354 g/mol. The Morgan fingerprint density at radius 1 is 0.714 bits per heavy atom. The van der Waals surface area contributed by atoms with Gasteiger partial charge in [0.2, 0.25) is 5.91 Å². The Morgan fingerprint density at radius 3 is 2.11 bits per heavy atom. The number of nitrogens with one attached hydrogen (secondary N) is 3. The normalized spacial score (nSPS) is 10.0. The molecule has 0 aromatic heterocycles. The number of urea groups is 1. The summed E-state index contributed by atoms with van der Waals surface area (Å²) < 4.78 is 5.75. The predicted octanol–water partition coefficient (Wildman–Crippen LogP) is 4.63. The molecule has 0 aliphatic heterocycles. The maximum Gasteiger partial charge on any atom is 0.319 e. The molecule has 142 valence electrons. The van der Waals surface area contributed by atoms with Gasteiger partial charge in [0, 0.05) is 30.4 Å². The highest BCUT2D eigenvalue weighted by Crippen LogP contribution is 2.23. The van der Waals surface area contributed by atoms with Crippen molar-refractivity contribution >= 4 is 23.3 Å². The molecule has 0 radical (unpaired) electrons. The molecule has 6 heteroatoms. The fourth-order valence-electron chi connectivity index (χ4n) is 2.47. The van der Waals surface area contributed by atoms with Gasteiger partial charge in [-0.3, -0.25) is 4.79 Å². The van der Waals surface area contributed by atoms with Gasteiger partial charge in [0.25, 0.3) is 0 Å². The predicted molar refractivity (Wildman–Crippen MR) is 110 cm³/mol. The van der Waals surface area contributed by atoms with E-state index < -0.39 is 0 Å². The first-order valence-electron chi connectivity index (χ1n) is 8.92. The topological polar surface area (TPSA) is 79.5 Å². The van der Waals surface area contributed by atoms with Gasteiger partial charge in [-0.25, -0.2) is 4.79 Å². The number of carbonyl (C=O) groups is 2. The van der Waals surface area contributed by atoms with Crippen LogP contribution in [0.1, 0.15) is 6.42 Å². The molecule has 0 aliphatic carbocycles. The molecule has 3 aromatic carbocycles. The van der Waals surface area contributed by atoms with Crippen LogP contribution in [0.4, 0.5) is 16.2 Å². The summed E-state index contributed by atoms with van der Waals surface area (Å²) in [5.74, 6) is 1.15. The van der Waals surface area contributed by atoms with Gasteiger partial charge >= 0.3 is 6.03 Å². The molecule has 6 nitrogen and oxygen atoms in total. The lowest BCUT2D eigenvalue weighted by molar-refractivity contribution is -0.116. The maximum absolute atomic E-state index is 12.1. The van der Waals surface area contributed by atoms with E-state index in [-0.39, 0.29) is 24.9 Å². The van der Waals surface area contributed by atoms with Crippen LogP contribution in [0, 0.1) is 0 Å². The number of carbonyl (C=O) groups excluding carboxylic acids is 2. The fraction of sp³-hybridized carbons (Fsp3) is 0.0909. The number of hydrogen-bond donors (Lipinski definition) is 3. The van der Waals surface area contributed by atoms with Crippen LogP contribution in [-0.4, -0.2) is 18.5 Å². The van der Waals surface area contributed by atoms with Gasteiger partial charge in [-0.15, -0.1) is 0 Å². The molecule has 0 bridgehead atoms. The van der Waals surface area contributed by atoms with E-state index in [0.717, 1.165) is 5.75 Å². The van der Waals surface area contributed by atoms with E-state index >= 15 is 0 Å². The maximum atomic E-state index is 12.1. The largest absolute Gasteiger partial charge is 0.457 e. The molecule has 3 amide bonds. The minimum atomic E-state index is -0.350. The summed E-state index contributed by atoms with van der Waals surface area (Å²) in [5.41, 5.74) is 1.33. The average molecular weight is 375 g/mol. The quantitative estimate of drug-likeness (QED) is 0.563. The molecule has 0 heterocycles. The molecule has 0 spiro atoms. The minimum absolute atomic E-state index is 0.159. The zero-order valence-electron chi connectivity index (χ0n) is 15.2. The third kappa shape index (κ3) is 6.17. The minimum Gasteiger partial charge on any atom is -0.457 e. The summed E-state index contributed by atoms with van der Waals surface area (Å²) in [4.78, 5) is 23.9.